The van der Waals surface area contributed by atoms with Crippen LogP contribution in [0.1, 0.15) is 19.3 Å². The molecule has 7 heteroatoms. The summed E-state index contributed by atoms with van der Waals surface area (Å²) in [5.74, 6) is 1.82. The number of fused-ring (bicyclic) bond motifs is 3. The monoisotopic (exact) mass is 318 g/mol. The second-order valence-corrected chi connectivity index (χ2v) is 6.62. The molecule has 1 aliphatic heterocycles. The summed E-state index contributed by atoms with van der Waals surface area (Å²) in [7, 11) is 10.6. The number of hydrogen-bond acceptors (Lipinski definition) is 3. The van der Waals surface area contributed by atoms with Gasteiger partial charge in [-0.3, -0.25) is 8.79 Å². The van der Waals surface area contributed by atoms with Crippen LogP contribution in [0.2, 0.25) is 0 Å². The van der Waals surface area contributed by atoms with E-state index in [4.69, 9.17) is 20.7 Å². The van der Waals surface area contributed by atoms with Crippen molar-refractivity contribution in [1.29, 1.82) is 0 Å². The molecule has 0 N–H and O–H groups in total. The molecule has 0 spiro atoms. The van der Waals surface area contributed by atoms with Crippen molar-refractivity contribution in [2.45, 2.75) is 24.7 Å². The lowest BCUT2D eigenvalue weighted by molar-refractivity contribution is 0.276. The minimum atomic E-state index is -2.07. The molecular formula is C17H17B2FN4. The number of anilines is 1. The van der Waals surface area contributed by atoms with Crippen LogP contribution in [0.3, 0.4) is 0 Å². The van der Waals surface area contributed by atoms with Gasteiger partial charge in [-0.05, 0) is 43.4 Å². The van der Waals surface area contributed by atoms with Crippen molar-refractivity contribution in [3.8, 4) is 0 Å². The van der Waals surface area contributed by atoms with Crippen LogP contribution in [-0.2, 0) is 0 Å². The van der Waals surface area contributed by atoms with Crippen LogP contribution in [0, 0.1) is 5.92 Å². The Kier molecular flexibility index (Phi) is 3.74. The number of imidazole rings is 1. The molecule has 0 unspecified atom stereocenters. The number of rotatable bonds is 3. The van der Waals surface area contributed by atoms with Crippen LogP contribution in [0.4, 0.5) is 10.2 Å². The van der Waals surface area contributed by atoms with E-state index in [1.807, 2.05) is 40.9 Å². The molecule has 0 atom stereocenters. The molecule has 1 fully saturated rings. The summed E-state index contributed by atoms with van der Waals surface area (Å²) < 4.78 is 15.4. The molecule has 0 aliphatic carbocycles. The zero-order chi connectivity index (χ0) is 16.7. The van der Waals surface area contributed by atoms with Crippen molar-refractivity contribution in [1.82, 2.24) is 14.4 Å². The molecule has 4 radical (unpaired) electrons. The van der Waals surface area contributed by atoms with Gasteiger partial charge in [-0.15, -0.1) is 0 Å². The standard InChI is InChI=1S/C17H17B2FN4/c18-17(19,20)11-12-5-8-23(9-6-12)15-7-10-24-14-4-2-1-3-13(14)21-16(24)22-15/h1-4,7,10,12H,5-6,8-9,11H2. The third-order valence-corrected chi connectivity index (χ3v) is 4.70. The van der Waals surface area contributed by atoms with Crippen molar-refractivity contribution in [2.24, 2.45) is 5.92 Å². The molecule has 0 saturated carbocycles. The molecule has 4 rings (SSSR count). The number of halogens is 1. The van der Waals surface area contributed by atoms with E-state index in [9.17, 15) is 4.39 Å². The average Bonchev–Trinajstić information content (AvgIpc) is 2.91. The van der Waals surface area contributed by atoms with Gasteiger partial charge in [0.05, 0.1) is 11.0 Å². The van der Waals surface area contributed by atoms with Gasteiger partial charge < -0.3 is 4.90 Å². The van der Waals surface area contributed by atoms with Crippen molar-refractivity contribution in [3.63, 3.8) is 0 Å². The van der Waals surface area contributed by atoms with Gasteiger partial charge in [0.1, 0.15) is 21.5 Å². The third-order valence-electron chi connectivity index (χ3n) is 4.70. The Labute approximate surface area is 142 Å². The highest BCUT2D eigenvalue weighted by Gasteiger charge is 2.26. The fraction of sp³-hybridized carbons (Fsp3) is 0.412. The third kappa shape index (κ3) is 2.99. The molecule has 3 heterocycles. The van der Waals surface area contributed by atoms with E-state index < -0.39 is 5.47 Å². The smallest absolute Gasteiger partial charge is 0.236 e. The van der Waals surface area contributed by atoms with Crippen molar-refractivity contribution < 1.29 is 4.39 Å². The molecule has 0 bridgehead atoms. The average molecular weight is 318 g/mol. The number of nitrogens with zero attached hydrogens (tertiary/aromatic N) is 4. The highest BCUT2D eigenvalue weighted by molar-refractivity contribution is 6.38. The lowest BCUT2D eigenvalue weighted by Crippen LogP contribution is -2.37. The normalized spacial score (nSPS) is 17.0. The van der Waals surface area contributed by atoms with Crippen LogP contribution in [0.15, 0.2) is 36.5 Å². The van der Waals surface area contributed by atoms with E-state index in [2.05, 4.69) is 9.88 Å². The maximum atomic E-state index is 13.4. The first kappa shape index (κ1) is 15.5. The Hall–Kier alpha value is -2.04. The number of benzene rings is 1. The second-order valence-electron chi connectivity index (χ2n) is 6.62. The molecule has 1 aliphatic rings. The van der Waals surface area contributed by atoms with Gasteiger partial charge in [-0.2, -0.15) is 4.98 Å². The first-order valence-electron chi connectivity index (χ1n) is 8.25. The summed E-state index contributed by atoms with van der Waals surface area (Å²) in [6.45, 7) is 1.65. The summed E-state index contributed by atoms with van der Waals surface area (Å²) >= 11 is 0. The summed E-state index contributed by atoms with van der Waals surface area (Å²) in [5.41, 5.74) is -0.0820. The summed E-state index contributed by atoms with van der Waals surface area (Å²) in [6, 6.07) is 9.99. The summed E-state index contributed by atoms with van der Waals surface area (Å²) in [4.78, 5) is 11.5. The number of hydrogen-bond donors (Lipinski definition) is 0. The van der Waals surface area contributed by atoms with Crippen LogP contribution >= 0.6 is 0 Å². The van der Waals surface area contributed by atoms with E-state index in [-0.39, 0.29) is 12.3 Å². The largest absolute Gasteiger partial charge is 0.356 e. The maximum absolute atomic E-state index is 13.4. The van der Waals surface area contributed by atoms with E-state index >= 15 is 0 Å². The fourth-order valence-electron chi connectivity index (χ4n) is 3.52. The first-order chi connectivity index (χ1) is 11.5. The number of piperidine rings is 1. The van der Waals surface area contributed by atoms with Crippen LogP contribution in [0.25, 0.3) is 16.8 Å². The Morgan fingerprint density at radius 1 is 1.12 bits per heavy atom. The van der Waals surface area contributed by atoms with Crippen LogP contribution in [-0.4, -0.2) is 48.6 Å². The highest BCUT2D eigenvalue weighted by Crippen LogP contribution is 2.28. The lowest BCUT2D eigenvalue weighted by Gasteiger charge is -2.34. The number of alkyl halides is 1. The van der Waals surface area contributed by atoms with E-state index in [0.717, 1.165) is 42.8 Å². The topological polar surface area (TPSA) is 33.4 Å². The molecule has 0 amide bonds. The highest BCUT2D eigenvalue weighted by atomic mass is 19.1. The Morgan fingerprint density at radius 3 is 2.62 bits per heavy atom. The van der Waals surface area contributed by atoms with Gasteiger partial charge in [0.2, 0.25) is 5.78 Å². The molecule has 3 aromatic rings. The van der Waals surface area contributed by atoms with E-state index in [1.54, 1.807) is 0 Å². The van der Waals surface area contributed by atoms with Gasteiger partial charge in [0.25, 0.3) is 0 Å². The van der Waals surface area contributed by atoms with Crippen LogP contribution < -0.4 is 4.90 Å². The maximum Gasteiger partial charge on any atom is 0.236 e. The Morgan fingerprint density at radius 2 is 1.88 bits per heavy atom. The molecule has 2 aromatic heterocycles. The number of para-hydroxylation sites is 2. The molecule has 24 heavy (non-hydrogen) atoms. The predicted octanol–water partition coefficient (Wildman–Crippen LogP) is 2.45. The molecule has 1 saturated heterocycles. The van der Waals surface area contributed by atoms with Gasteiger partial charge in [0, 0.05) is 24.8 Å². The first-order valence-corrected chi connectivity index (χ1v) is 8.25. The number of aromatic nitrogens is 3. The quantitative estimate of drug-likeness (QED) is 0.696. The van der Waals surface area contributed by atoms with Gasteiger partial charge in [-0.25, -0.2) is 4.98 Å². The van der Waals surface area contributed by atoms with Crippen LogP contribution in [0.5, 0.6) is 0 Å². The van der Waals surface area contributed by atoms with Gasteiger partial charge >= 0.3 is 0 Å². The second kappa shape index (κ2) is 5.80. The SMILES string of the molecule is [B]C([B])(F)CC1CCN(c2ccn3c(n2)nc2ccccc23)CC1. The van der Waals surface area contributed by atoms with E-state index in [0.29, 0.717) is 5.78 Å². The summed E-state index contributed by atoms with van der Waals surface area (Å²) in [6.07, 6.45) is 3.94. The minimum Gasteiger partial charge on any atom is -0.356 e. The molecular weight excluding hydrogens is 301 g/mol. The van der Waals surface area contributed by atoms with Crippen molar-refractivity contribution in [3.05, 3.63) is 36.5 Å². The molecule has 1 aromatic carbocycles. The van der Waals surface area contributed by atoms with E-state index in [1.165, 1.54) is 0 Å². The summed E-state index contributed by atoms with van der Waals surface area (Å²) in [5, 5.41) is 0. The fourth-order valence-corrected chi connectivity index (χ4v) is 3.52. The van der Waals surface area contributed by atoms with Gasteiger partial charge in [0.15, 0.2) is 0 Å². The van der Waals surface area contributed by atoms with Crippen molar-refractivity contribution >= 4 is 38.3 Å². The molecule has 4 nitrogen and oxygen atoms in total. The Balaban J connectivity index is 1.54. The Bertz CT molecular complexity index is 866. The van der Waals surface area contributed by atoms with Crippen molar-refractivity contribution in [2.75, 3.05) is 18.0 Å². The molecule has 118 valence electrons. The minimum absolute atomic E-state index is 0.207. The predicted molar refractivity (Wildman–Crippen MR) is 95.4 cm³/mol. The van der Waals surface area contributed by atoms with Gasteiger partial charge in [-0.1, -0.05) is 12.1 Å². The zero-order valence-corrected chi connectivity index (χ0v) is 13.4. The lowest BCUT2D eigenvalue weighted by atomic mass is 9.62. The zero-order valence-electron chi connectivity index (χ0n) is 13.4.